The van der Waals surface area contributed by atoms with Gasteiger partial charge in [0.15, 0.2) is 0 Å². The fourth-order valence-corrected chi connectivity index (χ4v) is 2.36. The third-order valence-corrected chi connectivity index (χ3v) is 3.71. The number of hydrogen-bond donors (Lipinski definition) is 1. The molecule has 1 fully saturated rings. The lowest BCUT2D eigenvalue weighted by molar-refractivity contribution is -0.155. The van der Waals surface area contributed by atoms with E-state index in [9.17, 15) is 19.3 Å². The molecule has 0 aromatic rings. The maximum Gasteiger partial charge on any atom is 0.340 e. The minimum atomic E-state index is -0.594. The van der Waals surface area contributed by atoms with Gasteiger partial charge in [0.25, 0.3) is 0 Å². The van der Waals surface area contributed by atoms with Crippen LogP contribution in [0, 0.1) is 4.91 Å². The molecule has 10 heteroatoms. The molecule has 0 radical (unpaired) electrons. The summed E-state index contributed by atoms with van der Waals surface area (Å²) in [7, 11) is 0. The quantitative estimate of drug-likeness (QED) is 0.214. The molecule has 130 valence electrons. The molecule has 1 rings (SSSR count). The molecule has 0 aliphatic carbocycles. The first-order valence-corrected chi connectivity index (χ1v) is 8.11. The van der Waals surface area contributed by atoms with E-state index in [1.165, 1.54) is 9.80 Å². The Bertz CT molecular complexity index is 448. The smallest absolute Gasteiger partial charge is 0.336 e. The maximum atomic E-state index is 11.9. The normalized spacial score (nSPS) is 14.9. The highest BCUT2D eigenvalue weighted by molar-refractivity contribution is 6.35. The minimum absolute atomic E-state index is 0.0508. The third kappa shape index (κ3) is 5.66. The first kappa shape index (κ1) is 19.1. The fourth-order valence-electron chi connectivity index (χ4n) is 2.20. The molecule has 1 heterocycles. The zero-order chi connectivity index (χ0) is 17.2. The second kappa shape index (κ2) is 9.98. The van der Waals surface area contributed by atoms with Gasteiger partial charge in [-0.3, -0.25) is 9.59 Å². The SMILES string of the molecule is CCN1CCN(CCCCNC(=O)N(CCCl)N=O)C(=O)C1=O. The van der Waals surface area contributed by atoms with Gasteiger partial charge in [0.05, 0.1) is 11.8 Å². The van der Waals surface area contributed by atoms with Gasteiger partial charge in [0, 0.05) is 38.6 Å². The molecule has 0 aromatic carbocycles. The molecule has 1 saturated heterocycles. The molecule has 9 nitrogen and oxygen atoms in total. The van der Waals surface area contributed by atoms with E-state index < -0.39 is 17.8 Å². The Labute approximate surface area is 139 Å². The largest absolute Gasteiger partial charge is 0.340 e. The van der Waals surface area contributed by atoms with E-state index in [0.717, 1.165) is 5.01 Å². The van der Waals surface area contributed by atoms with Crippen LogP contribution < -0.4 is 5.32 Å². The maximum absolute atomic E-state index is 11.9. The van der Waals surface area contributed by atoms with E-state index in [-0.39, 0.29) is 12.4 Å². The van der Waals surface area contributed by atoms with E-state index in [1.54, 1.807) is 0 Å². The number of carbonyl (C=O) groups is 3. The van der Waals surface area contributed by atoms with E-state index in [4.69, 9.17) is 11.6 Å². The van der Waals surface area contributed by atoms with Crippen molar-refractivity contribution < 1.29 is 14.4 Å². The van der Waals surface area contributed by atoms with Gasteiger partial charge in [-0.2, -0.15) is 5.01 Å². The number of piperazine rings is 1. The first-order chi connectivity index (χ1) is 11.0. The second-order valence-corrected chi connectivity index (χ2v) is 5.39. The summed E-state index contributed by atoms with van der Waals surface area (Å²) in [6, 6.07) is -0.594. The van der Waals surface area contributed by atoms with Crippen molar-refractivity contribution in [2.75, 3.05) is 45.1 Å². The van der Waals surface area contributed by atoms with Crippen molar-refractivity contribution in [1.82, 2.24) is 20.1 Å². The van der Waals surface area contributed by atoms with Crippen LogP contribution >= 0.6 is 11.6 Å². The summed E-state index contributed by atoms with van der Waals surface area (Å²) in [6.07, 6.45) is 1.27. The van der Waals surface area contributed by atoms with Crippen LogP contribution in [-0.2, 0) is 9.59 Å². The van der Waals surface area contributed by atoms with Gasteiger partial charge < -0.3 is 15.1 Å². The lowest BCUT2D eigenvalue weighted by atomic mass is 10.2. The third-order valence-electron chi connectivity index (χ3n) is 3.54. The van der Waals surface area contributed by atoms with Gasteiger partial charge in [-0.25, -0.2) is 4.79 Å². The molecule has 4 amide bonds. The highest BCUT2D eigenvalue weighted by atomic mass is 35.5. The van der Waals surface area contributed by atoms with Crippen LogP contribution in [0.1, 0.15) is 19.8 Å². The number of unbranched alkanes of at least 4 members (excludes halogenated alkanes) is 1. The molecule has 0 bridgehead atoms. The number of carbonyl (C=O) groups excluding carboxylic acids is 3. The van der Waals surface area contributed by atoms with Crippen molar-refractivity contribution in [3.8, 4) is 0 Å². The highest BCUT2D eigenvalue weighted by Gasteiger charge is 2.30. The number of alkyl halides is 1. The van der Waals surface area contributed by atoms with E-state index in [1.807, 2.05) is 6.92 Å². The highest BCUT2D eigenvalue weighted by Crippen LogP contribution is 2.06. The van der Waals surface area contributed by atoms with E-state index in [0.29, 0.717) is 45.6 Å². The molecule has 0 unspecified atom stereocenters. The first-order valence-electron chi connectivity index (χ1n) is 7.57. The van der Waals surface area contributed by atoms with Crippen molar-refractivity contribution in [3.63, 3.8) is 0 Å². The predicted octanol–water partition coefficient (Wildman–Crippen LogP) is 0.389. The summed E-state index contributed by atoms with van der Waals surface area (Å²) in [4.78, 5) is 48.6. The van der Waals surface area contributed by atoms with E-state index >= 15 is 0 Å². The topological polar surface area (TPSA) is 102 Å². The summed E-state index contributed by atoms with van der Waals surface area (Å²) in [5.41, 5.74) is 0. The van der Waals surface area contributed by atoms with Crippen LogP contribution in [0.5, 0.6) is 0 Å². The van der Waals surface area contributed by atoms with Gasteiger partial charge in [0.2, 0.25) is 0 Å². The number of likely N-dealkylation sites (N-methyl/N-ethyl adjacent to an activating group) is 1. The number of amides is 4. The zero-order valence-corrected chi connectivity index (χ0v) is 13.9. The summed E-state index contributed by atoms with van der Waals surface area (Å²) in [6.45, 7) is 4.33. The Kier molecular flexibility index (Phi) is 8.31. The van der Waals surface area contributed by atoms with Crippen LogP contribution in [0.4, 0.5) is 4.79 Å². The summed E-state index contributed by atoms with van der Waals surface area (Å²) >= 11 is 5.45. The molecule has 1 aliphatic rings. The molecule has 23 heavy (non-hydrogen) atoms. The predicted molar refractivity (Wildman–Crippen MR) is 84.7 cm³/mol. The van der Waals surface area contributed by atoms with Gasteiger partial charge >= 0.3 is 17.8 Å². The van der Waals surface area contributed by atoms with Crippen LogP contribution in [0.3, 0.4) is 0 Å². The lowest BCUT2D eigenvalue weighted by Gasteiger charge is -2.33. The molecule has 0 saturated carbocycles. The Morgan fingerprint density at radius 1 is 1.26 bits per heavy atom. The molecular formula is C13H22ClN5O4. The number of hydrogen-bond acceptors (Lipinski definition) is 5. The minimum Gasteiger partial charge on any atom is -0.336 e. The summed E-state index contributed by atoms with van der Waals surface area (Å²) in [5.74, 6) is -0.805. The second-order valence-electron chi connectivity index (χ2n) is 5.01. The van der Waals surface area contributed by atoms with Crippen molar-refractivity contribution >= 4 is 29.4 Å². The molecule has 1 aliphatic heterocycles. The molecular weight excluding hydrogens is 326 g/mol. The van der Waals surface area contributed by atoms with Crippen LogP contribution in [0.15, 0.2) is 5.29 Å². The van der Waals surface area contributed by atoms with Crippen LogP contribution in [0.2, 0.25) is 0 Å². The Hall–Kier alpha value is -1.90. The number of halogens is 1. The van der Waals surface area contributed by atoms with Crippen LogP contribution in [0.25, 0.3) is 0 Å². The molecule has 0 atom stereocenters. The summed E-state index contributed by atoms with van der Waals surface area (Å²) in [5, 5.41) is 5.85. The monoisotopic (exact) mass is 347 g/mol. The number of urea groups is 1. The van der Waals surface area contributed by atoms with Crippen molar-refractivity contribution in [1.29, 1.82) is 0 Å². The van der Waals surface area contributed by atoms with Crippen molar-refractivity contribution in [3.05, 3.63) is 4.91 Å². The summed E-state index contributed by atoms with van der Waals surface area (Å²) < 4.78 is 0. The van der Waals surface area contributed by atoms with Crippen molar-refractivity contribution in [2.45, 2.75) is 19.8 Å². The molecule has 0 aromatic heterocycles. The van der Waals surface area contributed by atoms with E-state index in [2.05, 4.69) is 10.6 Å². The average molecular weight is 348 g/mol. The standard InChI is InChI=1S/C13H22ClN5O4/c1-2-17-9-10-18(12(21)11(17)20)7-4-3-6-15-13(22)19(16-23)8-5-14/h2-10H2,1H3,(H,15,22). The van der Waals surface area contributed by atoms with Crippen LogP contribution in [-0.4, -0.2) is 77.8 Å². The number of rotatable bonds is 9. The van der Waals surface area contributed by atoms with Gasteiger partial charge in [-0.05, 0) is 19.8 Å². The lowest BCUT2D eigenvalue weighted by Crippen LogP contribution is -2.54. The van der Waals surface area contributed by atoms with Gasteiger partial charge in [-0.1, -0.05) is 0 Å². The molecule has 0 spiro atoms. The van der Waals surface area contributed by atoms with Crippen molar-refractivity contribution in [2.24, 2.45) is 5.29 Å². The number of nitrogens with one attached hydrogen (secondary N) is 1. The zero-order valence-electron chi connectivity index (χ0n) is 13.2. The average Bonchev–Trinajstić information content (AvgIpc) is 2.55. The number of nitrogens with zero attached hydrogens (tertiary/aromatic N) is 4. The molecule has 1 N–H and O–H groups in total. The number of nitroso groups, excluding NO2 is 1. The van der Waals surface area contributed by atoms with Gasteiger partial charge in [-0.15, -0.1) is 16.5 Å². The Balaban J connectivity index is 2.23. The fraction of sp³-hybridized carbons (Fsp3) is 0.769. The van der Waals surface area contributed by atoms with Gasteiger partial charge in [0.1, 0.15) is 0 Å². The Morgan fingerprint density at radius 2 is 1.91 bits per heavy atom. The Morgan fingerprint density at radius 3 is 2.52 bits per heavy atom.